The molecule has 2 heterocycles. The van der Waals surface area contributed by atoms with Crippen molar-refractivity contribution in [2.45, 2.75) is 25.6 Å². The number of benzene rings is 2. The number of fused-ring (bicyclic) bond motifs is 1. The van der Waals surface area contributed by atoms with Crippen molar-refractivity contribution >= 4 is 17.5 Å². The van der Waals surface area contributed by atoms with Crippen molar-refractivity contribution in [1.82, 2.24) is 5.32 Å². The van der Waals surface area contributed by atoms with E-state index in [0.29, 0.717) is 50.5 Å². The lowest BCUT2D eigenvalue weighted by atomic mass is 9.98. The van der Waals surface area contributed by atoms with Gasteiger partial charge in [-0.3, -0.25) is 9.59 Å². The lowest BCUT2D eigenvalue weighted by Crippen LogP contribution is -2.34. The van der Waals surface area contributed by atoms with Crippen LogP contribution in [0.3, 0.4) is 0 Å². The summed E-state index contributed by atoms with van der Waals surface area (Å²) in [7, 11) is 1.78. The van der Waals surface area contributed by atoms with Gasteiger partial charge < -0.3 is 24.4 Å². The van der Waals surface area contributed by atoms with Gasteiger partial charge in [-0.25, -0.2) is 0 Å². The van der Waals surface area contributed by atoms with Gasteiger partial charge in [-0.15, -0.1) is 0 Å². The second-order valence-electron chi connectivity index (χ2n) is 7.39. The summed E-state index contributed by atoms with van der Waals surface area (Å²) in [6.45, 7) is 3.80. The van der Waals surface area contributed by atoms with Crippen molar-refractivity contribution in [3.63, 3.8) is 0 Å². The summed E-state index contributed by atoms with van der Waals surface area (Å²) in [6.07, 6.45) is 0.842. The van der Waals surface area contributed by atoms with E-state index in [0.717, 1.165) is 16.8 Å². The number of rotatable bonds is 7. The molecule has 7 nitrogen and oxygen atoms in total. The monoisotopic (exact) mass is 410 g/mol. The molecule has 158 valence electrons. The Morgan fingerprint density at radius 2 is 2.00 bits per heavy atom. The van der Waals surface area contributed by atoms with Gasteiger partial charge in [0.2, 0.25) is 5.91 Å². The molecule has 0 bridgehead atoms. The molecule has 0 aliphatic carbocycles. The Labute approximate surface area is 175 Å². The van der Waals surface area contributed by atoms with E-state index in [1.54, 1.807) is 30.1 Å². The highest BCUT2D eigenvalue weighted by Gasteiger charge is 2.39. The van der Waals surface area contributed by atoms with Crippen molar-refractivity contribution < 1.29 is 23.8 Å². The van der Waals surface area contributed by atoms with Gasteiger partial charge in [-0.05, 0) is 42.8 Å². The number of anilines is 1. The van der Waals surface area contributed by atoms with Crippen LogP contribution >= 0.6 is 0 Å². The van der Waals surface area contributed by atoms with Gasteiger partial charge in [0.05, 0.1) is 26.2 Å². The molecule has 0 unspecified atom stereocenters. The number of carbonyl (C=O) groups excluding carboxylic acids is 2. The number of likely N-dealkylation sites (N-methyl/N-ethyl adjacent to an activating group) is 1. The van der Waals surface area contributed by atoms with Crippen LogP contribution in [-0.4, -0.2) is 45.2 Å². The van der Waals surface area contributed by atoms with Gasteiger partial charge in [-0.2, -0.15) is 0 Å². The van der Waals surface area contributed by atoms with Crippen LogP contribution in [0.5, 0.6) is 5.75 Å². The van der Waals surface area contributed by atoms with Gasteiger partial charge >= 0.3 is 0 Å². The Bertz CT molecular complexity index is 952. The number of ether oxygens (including phenoxy) is 3. The van der Waals surface area contributed by atoms with E-state index in [9.17, 15) is 9.59 Å². The number of amides is 2. The van der Waals surface area contributed by atoms with Crippen LogP contribution in [-0.2, 0) is 26.5 Å². The first kappa shape index (κ1) is 20.4. The fourth-order valence-corrected chi connectivity index (χ4v) is 3.95. The van der Waals surface area contributed by atoms with E-state index < -0.39 is 5.79 Å². The highest BCUT2D eigenvalue weighted by molar-refractivity contribution is 6.01. The first-order valence-electron chi connectivity index (χ1n) is 10.2. The second-order valence-corrected chi connectivity index (χ2v) is 7.39. The van der Waals surface area contributed by atoms with Crippen molar-refractivity contribution in [1.29, 1.82) is 0 Å². The van der Waals surface area contributed by atoms with Crippen molar-refractivity contribution in [2.24, 2.45) is 0 Å². The molecule has 2 aliphatic rings. The number of nitrogens with zero attached hydrogens (tertiary/aromatic N) is 1. The molecular formula is C23H26N2O5. The van der Waals surface area contributed by atoms with Crippen molar-refractivity contribution in [3.05, 3.63) is 59.2 Å². The van der Waals surface area contributed by atoms with E-state index in [-0.39, 0.29) is 11.8 Å². The molecule has 1 saturated heterocycles. The minimum absolute atomic E-state index is 0.0750. The molecule has 2 aromatic carbocycles. The van der Waals surface area contributed by atoms with Crippen LogP contribution in [0.1, 0.15) is 34.8 Å². The topological polar surface area (TPSA) is 77.1 Å². The fourth-order valence-electron chi connectivity index (χ4n) is 3.95. The zero-order valence-electron chi connectivity index (χ0n) is 17.3. The lowest BCUT2D eigenvalue weighted by Gasteiger charge is -2.28. The molecule has 1 N–H and O–H groups in total. The van der Waals surface area contributed by atoms with Crippen LogP contribution in [0, 0.1) is 0 Å². The molecule has 7 heteroatoms. The summed E-state index contributed by atoms with van der Waals surface area (Å²) in [5.74, 6) is -0.349. The lowest BCUT2D eigenvalue weighted by molar-refractivity contribution is -0.169. The molecule has 1 fully saturated rings. The summed E-state index contributed by atoms with van der Waals surface area (Å²) in [5.41, 5.74) is 3.30. The molecule has 0 radical (unpaired) electrons. The summed E-state index contributed by atoms with van der Waals surface area (Å²) in [4.78, 5) is 26.2. The number of hydrogen-bond acceptors (Lipinski definition) is 5. The summed E-state index contributed by atoms with van der Waals surface area (Å²) >= 11 is 0. The van der Waals surface area contributed by atoms with E-state index >= 15 is 0 Å². The molecule has 30 heavy (non-hydrogen) atoms. The third-order valence-electron chi connectivity index (χ3n) is 5.50. The van der Waals surface area contributed by atoms with E-state index in [4.69, 9.17) is 14.2 Å². The number of nitrogens with one attached hydrogen (secondary N) is 1. The van der Waals surface area contributed by atoms with E-state index in [1.807, 2.05) is 31.2 Å². The second kappa shape index (κ2) is 8.45. The molecule has 2 amide bonds. The van der Waals surface area contributed by atoms with Gasteiger partial charge in [0, 0.05) is 36.8 Å². The van der Waals surface area contributed by atoms with Crippen LogP contribution in [0.25, 0.3) is 0 Å². The SMILES string of the molecule is CCOc1cccc(C(=O)NCCC2(c3ccc4c(c3)CC(=O)N4C)OCCO2)c1. The summed E-state index contributed by atoms with van der Waals surface area (Å²) in [5, 5.41) is 2.94. The van der Waals surface area contributed by atoms with Crippen LogP contribution in [0.2, 0.25) is 0 Å². The minimum Gasteiger partial charge on any atom is -0.494 e. The zero-order valence-corrected chi connectivity index (χ0v) is 17.3. The largest absolute Gasteiger partial charge is 0.494 e. The maximum absolute atomic E-state index is 12.6. The highest BCUT2D eigenvalue weighted by Crippen LogP contribution is 2.38. The maximum Gasteiger partial charge on any atom is 0.251 e. The van der Waals surface area contributed by atoms with Crippen molar-refractivity contribution in [2.75, 3.05) is 38.3 Å². The first-order chi connectivity index (χ1) is 14.5. The van der Waals surface area contributed by atoms with Crippen LogP contribution in [0.15, 0.2) is 42.5 Å². The Balaban J connectivity index is 1.45. The third-order valence-corrected chi connectivity index (χ3v) is 5.50. The highest BCUT2D eigenvalue weighted by atomic mass is 16.7. The summed E-state index contributed by atoms with van der Waals surface area (Å²) < 4.78 is 17.4. The third kappa shape index (κ3) is 3.91. The van der Waals surface area contributed by atoms with Gasteiger partial charge in [0.25, 0.3) is 5.91 Å². The van der Waals surface area contributed by atoms with Gasteiger partial charge in [0.1, 0.15) is 5.75 Å². The van der Waals surface area contributed by atoms with Gasteiger partial charge in [-0.1, -0.05) is 12.1 Å². The van der Waals surface area contributed by atoms with Crippen LogP contribution in [0.4, 0.5) is 5.69 Å². The smallest absolute Gasteiger partial charge is 0.251 e. The number of hydrogen-bond donors (Lipinski definition) is 1. The normalized spacial score (nSPS) is 17.1. The van der Waals surface area contributed by atoms with E-state index in [1.165, 1.54) is 0 Å². The molecule has 0 aromatic heterocycles. The Morgan fingerprint density at radius 1 is 1.20 bits per heavy atom. The Hall–Kier alpha value is -2.90. The predicted octanol–water partition coefficient (Wildman–Crippen LogP) is 2.62. The number of carbonyl (C=O) groups is 2. The molecule has 2 aromatic rings. The zero-order chi connectivity index (χ0) is 21.1. The average Bonchev–Trinajstić information content (AvgIpc) is 3.34. The molecular weight excluding hydrogens is 384 g/mol. The maximum atomic E-state index is 12.6. The average molecular weight is 410 g/mol. The standard InChI is InChI=1S/C23H26N2O5/c1-3-28-19-6-4-5-16(14-19)22(27)24-10-9-23(29-11-12-30-23)18-7-8-20-17(13-18)15-21(26)25(20)2/h4-8,13-14H,3,9-12,15H2,1-2H3,(H,24,27). The minimum atomic E-state index is -0.917. The molecule has 0 saturated carbocycles. The van der Waals surface area contributed by atoms with Crippen molar-refractivity contribution in [3.8, 4) is 5.75 Å². The van der Waals surface area contributed by atoms with Crippen LogP contribution < -0.4 is 15.0 Å². The molecule has 4 rings (SSSR count). The molecule has 2 aliphatic heterocycles. The fraction of sp³-hybridized carbons (Fsp3) is 0.391. The van der Waals surface area contributed by atoms with E-state index in [2.05, 4.69) is 5.32 Å². The molecule has 0 atom stereocenters. The quantitative estimate of drug-likeness (QED) is 0.759. The molecule has 0 spiro atoms. The first-order valence-corrected chi connectivity index (χ1v) is 10.2. The summed E-state index contributed by atoms with van der Waals surface area (Å²) in [6, 6.07) is 13.0. The Morgan fingerprint density at radius 3 is 2.77 bits per heavy atom. The Kier molecular flexibility index (Phi) is 5.74. The predicted molar refractivity (Wildman–Crippen MR) is 112 cm³/mol. The van der Waals surface area contributed by atoms with Gasteiger partial charge in [0.15, 0.2) is 5.79 Å².